The van der Waals surface area contributed by atoms with E-state index in [1.807, 2.05) is 0 Å². The second kappa shape index (κ2) is 8.12. The van der Waals surface area contributed by atoms with Gasteiger partial charge in [-0.1, -0.05) is 12.7 Å². The summed E-state index contributed by atoms with van der Waals surface area (Å²) in [7, 11) is 1.55. The third kappa shape index (κ3) is 5.89. The molecule has 0 saturated heterocycles. The van der Waals surface area contributed by atoms with Gasteiger partial charge in [0.25, 0.3) is 0 Å². The molecule has 0 aliphatic carbocycles. The number of rotatable bonds is 9. The van der Waals surface area contributed by atoms with Crippen molar-refractivity contribution in [2.75, 3.05) is 20.2 Å². The van der Waals surface area contributed by atoms with Crippen LogP contribution in [0.1, 0.15) is 19.8 Å². The summed E-state index contributed by atoms with van der Waals surface area (Å²) in [5.41, 5.74) is -1.33. The van der Waals surface area contributed by atoms with Gasteiger partial charge in [-0.2, -0.15) is 0 Å². The number of hydrogen-bond donors (Lipinski definition) is 2. The van der Waals surface area contributed by atoms with Crippen LogP contribution >= 0.6 is 0 Å². The van der Waals surface area contributed by atoms with E-state index in [-0.39, 0.29) is 13.0 Å². The van der Waals surface area contributed by atoms with Gasteiger partial charge in [0, 0.05) is 13.6 Å². The van der Waals surface area contributed by atoms with E-state index < -0.39 is 17.6 Å². The standard InChI is InChI=1S/C12H20N2O5/c1-4-8-19-11(18)14(3)7-5-6-12(2,10(16)17)13-9-15/h4,9H,1,5-8H2,2-3H3,(H,13,15)(H,16,17). The van der Waals surface area contributed by atoms with Gasteiger partial charge >= 0.3 is 12.1 Å². The molecule has 2 N–H and O–H groups in total. The molecular weight excluding hydrogens is 252 g/mol. The molecule has 19 heavy (non-hydrogen) atoms. The minimum Gasteiger partial charge on any atom is -0.480 e. The Morgan fingerprint density at radius 2 is 2.16 bits per heavy atom. The number of nitrogens with zero attached hydrogens (tertiary/aromatic N) is 1. The quantitative estimate of drug-likeness (QED) is 0.473. The van der Waals surface area contributed by atoms with Crippen LogP contribution in [0.15, 0.2) is 12.7 Å². The van der Waals surface area contributed by atoms with Gasteiger partial charge in [-0.25, -0.2) is 9.59 Å². The van der Waals surface area contributed by atoms with Gasteiger partial charge in [0.2, 0.25) is 6.41 Å². The fourth-order valence-corrected chi connectivity index (χ4v) is 1.37. The lowest BCUT2D eigenvalue weighted by Crippen LogP contribution is -2.49. The smallest absolute Gasteiger partial charge is 0.409 e. The molecule has 0 heterocycles. The number of carboxylic acids is 1. The largest absolute Gasteiger partial charge is 0.480 e. The Morgan fingerprint density at radius 3 is 2.63 bits per heavy atom. The molecule has 108 valence electrons. The number of carbonyl (C=O) groups is 3. The molecule has 0 aromatic carbocycles. The fourth-order valence-electron chi connectivity index (χ4n) is 1.37. The number of carbonyl (C=O) groups excluding carboxylic acids is 2. The molecule has 1 unspecified atom stereocenters. The minimum atomic E-state index is -1.33. The van der Waals surface area contributed by atoms with E-state index in [2.05, 4.69) is 11.9 Å². The molecule has 7 nitrogen and oxygen atoms in total. The molecule has 0 spiro atoms. The van der Waals surface area contributed by atoms with Crippen LogP contribution in [0, 0.1) is 0 Å². The van der Waals surface area contributed by atoms with Crippen molar-refractivity contribution < 1.29 is 24.2 Å². The Kier molecular flexibility index (Phi) is 7.25. The highest BCUT2D eigenvalue weighted by molar-refractivity contribution is 5.80. The number of amides is 2. The molecule has 0 aromatic rings. The molecule has 0 aromatic heterocycles. The van der Waals surface area contributed by atoms with Crippen LogP contribution in [-0.4, -0.2) is 54.2 Å². The summed E-state index contributed by atoms with van der Waals surface area (Å²) in [5.74, 6) is -1.11. The zero-order valence-corrected chi connectivity index (χ0v) is 11.2. The highest BCUT2D eigenvalue weighted by atomic mass is 16.6. The molecule has 2 amide bonds. The summed E-state index contributed by atoms with van der Waals surface area (Å²) in [6, 6.07) is 0. The Labute approximate surface area is 112 Å². The zero-order chi connectivity index (χ0) is 14.9. The van der Waals surface area contributed by atoms with E-state index in [9.17, 15) is 14.4 Å². The molecule has 0 aliphatic rings. The molecule has 1 atom stereocenters. The maximum atomic E-state index is 11.4. The average Bonchev–Trinajstić information content (AvgIpc) is 2.35. The summed E-state index contributed by atoms with van der Waals surface area (Å²) in [5, 5.41) is 11.3. The topological polar surface area (TPSA) is 95.9 Å². The summed E-state index contributed by atoms with van der Waals surface area (Å²) in [6.45, 7) is 5.30. The highest BCUT2D eigenvalue weighted by Crippen LogP contribution is 2.12. The number of aliphatic carboxylic acids is 1. The maximum Gasteiger partial charge on any atom is 0.409 e. The lowest BCUT2D eigenvalue weighted by Gasteiger charge is -2.25. The fraction of sp³-hybridized carbons (Fsp3) is 0.583. The predicted octanol–water partition coefficient (Wildman–Crippen LogP) is 0.610. The van der Waals surface area contributed by atoms with Gasteiger partial charge in [-0.05, 0) is 19.8 Å². The van der Waals surface area contributed by atoms with Crippen molar-refractivity contribution in [3.05, 3.63) is 12.7 Å². The van der Waals surface area contributed by atoms with E-state index in [1.54, 1.807) is 7.05 Å². The van der Waals surface area contributed by atoms with Crippen LogP contribution in [-0.2, 0) is 14.3 Å². The van der Waals surface area contributed by atoms with Crippen LogP contribution in [0.4, 0.5) is 4.79 Å². The van der Waals surface area contributed by atoms with Crippen molar-refractivity contribution in [2.45, 2.75) is 25.3 Å². The van der Waals surface area contributed by atoms with Crippen molar-refractivity contribution in [3.8, 4) is 0 Å². The first kappa shape index (κ1) is 16.9. The minimum absolute atomic E-state index is 0.128. The first-order chi connectivity index (χ1) is 8.87. The Morgan fingerprint density at radius 1 is 1.53 bits per heavy atom. The van der Waals surface area contributed by atoms with Gasteiger partial charge in [0.15, 0.2) is 0 Å². The summed E-state index contributed by atoms with van der Waals surface area (Å²) < 4.78 is 4.81. The van der Waals surface area contributed by atoms with Crippen molar-refractivity contribution in [2.24, 2.45) is 0 Å². The van der Waals surface area contributed by atoms with Gasteiger partial charge in [0.1, 0.15) is 12.1 Å². The summed E-state index contributed by atoms with van der Waals surface area (Å²) in [4.78, 5) is 34.1. The van der Waals surface area contributed by atoms with Crippen LogP contribution in [0.25, 0.3) is 0 Å². The molecule has 0 rings (SSSR count). The van der Waals surface area contributed by atoms with Crippen molar-refractivity contribution in [1.29, 1.82) is 0 Å². The highest BCUT2D eigenvalue weighted by Gasteiger charge is 2.32. The van der Waals surface area contributed by atoms with E-state index in [0.29, 0.717) is 19.4 Å². The molecule has 0 saturated carbocycles. The second-order valence-corrected chi connectivity index (χ2v) is 4.29. The molecule has 0 radical (unpaired) electrons. The van der Waals surface area contributed by atoms with E-state index in [1.165, 1.54) is 17.9 Å². The second-order valence-electron chi connectivity index (χ2n) is 4.29. The van der Waals surface area contributed by atoms with Gasteiger partial charge in [0.05, 0.1) is 0 Å². The molecule has 7 heteroatoms. The van der Waals surface area contributed by atoms with Crippen molar-refractivity contribution in [1.82, 2.24) is 10.2 Å². The van der Waals surface area contributed by atoms with Gasteiger partial charge in [-0.15, -0.1) is 0 Å². The molecule has 0 bridgehead atoms. The lowest BCUT2D eigenvalue weighted by molar-refractivity contribution is -0.145. The Balaban J connectivity index is 4.18. The Bertz CT molecular complexity index is 345. The maximum absolute atomic E-state index is 11.4. The molecule has 0 fully saturated rings. The first-order valence-corrected chi connectivity index (χ1v) is 5.81. The third-order valence-electron chi connectivity index (χ3n) is 2.66. The summed E-state index contributed by atoms with van der Waals surface area (Å²) in [6.07, 6.45) is 1.95. The lowest BCUT2D eigenvalue weighted by atomic mass is 9.96. The Hall–Kier alpha value is -2.05. The monoisotopic (exact) mass is 272 g/mol. The van der Waals surface area contributed by atoms with Crippen LogP contribution in [0.5, 0.6) is 0 Å². The van der Waals surface area contributed by atoms with Crippen LogP contribution in [0.3, 0.4) is 0 Å². The van der Waals surface area contributed by atoms with E-state index >= 15 is 0 Å². The molecular formula is C12H20N2O5. The number of carboxylic acid groups (broad SMARTS) is 1. The van der Waals surface area contributed by atoms with Gasteiger partial charge in [-0.3, -0.25) is 4.79 Å². The van der Waals surface area contributed by atoms with E-state index in [4.69, 9.17) is 9.84 Å². The van der Waals surface area contributed by atoms with E-state index in [0.717, 1.165) is 0 Å². The summed E-state index contributed by atoms with van der Waals surface area (Å²) >= 11 is 0. The average molecular weight is 272 g/mol. The third-order valence-corrected chi connectivity index (χ3v) is 2.66. The van der Waals surface area contributed by atoms with Crippen molar-refractivity contribution >= 4 is 18.5 Å². The number of ether oxygens (including phenoxy) is 1. The van der Waals surface area contributed by atoms with Gasteiger partial charge < -0.3 is 20.1 Å². The normalized spacial score (nSPS) is 12.9. The van der Waals surface area contributed by atoms with Crippen molar-refractivity contribution in [3.63, 3.8) is 0 Å². The number of nitrogens with one attached hydrogen (secondary N) is 1. The molecule has 0 aliphatic heterocycles. The van der Waals surface area contributed by atoms with Crippen LogP contribution in [0.2, 0.25) is 0 Å². The SMILES string of the molecule is C=CCOC(=O)N(C)CCCC(C)(NC=O)C(=O)O. The number of hydrogen-bond acceptors (Lipinski definition) is 4. The predicted molar refractivity (Wildman–Crippen MR) is 68.6 cm³/mol. The zero-order valence-electron chi connectivity index (χ0n) is 11.2. The first-order valence-electron chi connectivity index (χ1n) is 5.81. The van der Waals surface area contributed by atoms with Crippen LogP contribution < -0.4 is 5.32 Å².